The van der Waals surface area contributed by atoms with Crippen molar-refractivity contribution in [3.63, 3.8) is 0 Å². The maximum atomic E-state index is 11.9. The highest BCUT2D eigenvalue weighted by Crippen LogP contribution is 2.05. The van der Waals surface area contributed by atoms with Crippen LogP contribution in [0.4, 0.5) is 0 Å². The summed E-state index contributed by atoms with van der Waals surface area (Å²) in [6.45, 7) is 1.59. The third-order valence-corrected chi connectivity index (χ3v) is 5.15. The van der Waals surface area contributed by atoms with E-state index in [1.165, 1.54) is 0 Å². The SMILES string of the molecule is O=C(CS(=O)(=O)CCCc1ccccc1)NC1CCNC1. The third kappa shape index (κ3) is 5.85. The second-order valence-electron chi connectivity index (χ2n) is 5.44. The number of nitrogens with one attached hydrogen (secondary N) is 2. The molecule has 1 aromatic rings. The van der Waals surface area contributed by atoms with Crippen molar-refractivity contribution >= 4 is 15.7 Å². The molecule has 0 aromatic heterocycles. The number of sulfone groups is 1. The maximum absolute atomic E-state index is 11.9. The first-order valence-corrected chi connectivity index (χ1v) is 9.12. The molecule has 0 spiro atoms. The normalized spacial score (nSPS) is 18.6. The Kier molecular flexibility index (Phi) is 5.76. The Morgan fingerprint density at radius 3 is 2.71 bits per heavy atom. The molecule has 2 N–H and O–H groups in total. The zero-order chi connectivity index (χ0) is 15.1. The molecule has 1 atom stereocenters. The molecule has 0 bridgehead atoms. The number of benzene rings is 1. The van der Waals surface area contributed by atoms with Crippen molar-refractivity contribution in [2.45, 2.75) is 25.3 Å². The van der Waals surface area contributed by atoms with Crippen LogP contribution in [-0.2, 0) is 21.1 Å². The molecule has 1 aromatic carbocycles. The van der Waals surface area contributed by atoms with Gasteiger partial charge in [0.15, 0.2) is 9.84 Å². The standard InChI is InChI=1S/C15H22N2O3S/c18-15(17-14-8-9-16-11-14)12-21(19,20)10-4-7-13-5-2-1-3-6-13/h1-3,5-6,14,16H,4,7-12H2,(H,17,18). The molecular weight excluding hydrogens is 288 g/mol. The second-order valence-corrected chi connectivity index (χ2v) is 7.62. The Labute approximate surface area is 126 Å². The molecule has 1 aliphatic rings. The average Bonchev–Trinajstić information content (AvgIpc) is 2.91. The Balaban J connectivity index is 1.72. The van der Waals surface area contributed by atoms with Gasteiger partial charge in [-0.15, -0.1) is 0 Å². The quantitative estimate of drug-likeness (QED) is 0.769. The van der Waals surface area contributed by atoms with Crippen LogP contribution in [0.15, 0.2) is 30.3 Å². The zero-order valence-corrected chi connectivity index (χ0v) is 12.9. The van der Waals surface area contributed by atoms with E-state index in [1.807, 2.05) is 30.3 Å². The Morgan fingerprint density at radius 2 is 2.05 bits per heavy atom. The summed E-state index contributed by atoms with van der Waals surface area (Å²) >= 11 is 0. The van der Waals surface area contributed by atoms with Crippen molar-refractivity contribution in [2.75, 3.05) is 24.6 Å². The fraction of sp³-hybridized carbons (Fsp3) is 0.533. The van der Waals surface area contributed by atoms with Gasteiger partial charge in [-0.25, -0.2) is 8.42 Å². The molecule has 1 unspecified atom stereocenters. The van der Waals surface area contributed by atoms with Gasteiger partial charge >= 0.3 is 0 Å². The van der Waals surface area contributed by atoms with Crippen LogP contribution >= 0.6 is 0 Å². The van der Waals surface area contributed by atoms with Gasteiger partial charge in [0.05, 0.1) is 5.75 Å². The van der Waals surface area contributed by atoms with E-state index in [-0.39, 0.29) is 17.7 Å². The van der Waals surface area contributed by atoms with Crippen LogP contribution in [0.25, 0.3) is 0 Å². The summed E-state index contributed by atoms with van der Waals surface area (Å²) in [4.78, 5) is 11.7. The Hall–Kier alpha value is -1.40. The molecular formula is C15H22N2O3S. The van der Waals surface area contributed by atoms with Crippen LogP contribution in [0.5, 0.6) is 0 Å². The molecule has 1 fully saturated rings. The van der Waals surface area contributed by atoms with Gasteiger partial charge in [0, 0.05) is 12.6 Å². The lowest BCUT2D eigenvalue weighted by Gasteiger charge is -2.11. The zero-order valence-electron chi connectivity index (χ0n) is 12.0. The van der Waals surface area contributed by atoms with Crippen molar-refractivity contribution < 1.29 is 13.2 Å². The topological polar surface area (TPSA) is 75.3 Å². The van der Waals surface area contributed by atoms with Crippen LogP contribution in [0.2, 0.25) is 0 Å². The Bertz CT molecular complexity index is 552. The van der Waals surface area contributed by atoms with Crippen LogP contribution in [-0.4, -0.2) is 45.0 Å². The summed E-state index contributed by atoms with van der Waals surface area (Å²) in [6, 6.07) is 9.83. The van der Waals surface area contributed by atoms with Crippen molar-refractivity contribution in [3.05, 3.63) is 35.9 Å². The summed E-state index contributed by atoms with van der Waals surface area (Å²) in [5.41, 5.74) is 1.12. The smallest absolute Gasteiger partial charge is 0.235 e. The van der Waals surface area contributed by atoms with Gasteiger partial charge in [0.1, 0.15) is 5.75 Å². The summed E-state index contributed by atoms with van der Waals surface area (Å²) in [7, 11) is -3.33. The van der Waals surface area contributed by atoms with Gasteiger partial charge in [-0.1, -0.05) is 30.3 Å². The lowest BCUT2D eigenvalue weighted by molar-refractivity contribution is -0.119. The number of hydrogen-bond donors (Lipinski definition) is 2. The van der Waals surface area contributed by atoms with E-state index >= 15 is 0 Å². The second kappa shape index (κ2) is 7.56. The minimum absolute atomic E-state index is 0.0538. The molecule has 116 valence electrons. The number of carbonyl (C=O) groups is 1. The van der Waals surface area contributed by atoms with Gasteiger partial charge in [-0.05, 0) is 31.4 Å². The number of carbonyl (C=O) groups excluding carboxylic acids is 1. The highest BCUT2D eigenvalue weighted by Gasteiger charge is 2.21. The first-order valence-electron chi connectivity index (χ1n) is 7.29. The minimum atomic E-state index is -3.33. The molecule has 1 aliphatic heterocycles. The molecule has 0 aliphatic carbocycles. The van der Waals surface area contributed by atoms with E-state index in [2.05, 4.69) is 10.6 Å². The predicted octanol–water partition coefficient (Wildman–Crippen LogP) is 0.512. The van der Waals surface area contributed by atoms with E-state index in [1.54, 1.807) is 0 Å². The van der Waals surface area contributed by atoms with E-state index in [0.29, 0.717) is 12.8 Å². The lowest BCUT2D eigenvalue weighted by atomic mass is 10.1. The van der Waals surface area contributed by atoms with E-state index in [0.717, 1.165) is 25.1 Å². The minimum Gasteiger partial charge on any atom is -0.351 e. The predicted molar refractivity (Wildman–Crippen MR) is 82.8 cm³/mol. The fourth-order valence-electron chi connectivity index (χ4n) is 2.46. The lowest BCUT2D eigenvalue weighted by Crippen LogP contribution is -2.40. The van der Waals surface area contributed by atoms with Crippen LogP contribution in [0.3, 0.4) is 0 Å². The summed E-state index contributed by atoms with van der Waals surface area (Å²) in [5, 5.41) is 5.89. The first-order chi connectivity index (χ1) is 10.1. The highest BCUT2D eigenvalue weighted by atomic mass is 32.2. The van der Waals surface area contributed by atoms with Gasteiger partial charge in [-0.3, -0.25) is 4.79 Å². The fourth-order valence-corrected chi connectivity index (χ4v) is 3.67. The monoisotopic (exact) mass is 310 g/mol. The van der Waals surface area contributed by atoms with E-state index < -0.39 is 15.6 Å². The Morgan fingerprint density at radius 1 is 1.29 bits per heavy atom. The molecule has 1 saturated heterocycles. The van der Waals surface area contributed by atoms with Gasteiger partial charge in [-0.2, -0.15) is 0 Å². The largest absolute Gasteiger partial charge is 0.351 e. The number of rotatable bonds is 7. The molecule has 1 heterocycles. The van der Waals surface area contributed by atoms with Crippen LogP contribution in [0.1, 0.15) is 18.4 Å². The summed E-state index contributed by atoms with van der Waals surface area (Å²) in [6.07, 6.45) is 2.12. The van der Waals surface area contributed by atoms with Crippen molar-refractivity contribution in [2.24, 2.45) is 0 Å². The van der Waals surface area contributed by atoms with Gasteiger partial charge in [0.25, 0.3) is 0 Å². The molecule has 1 amide bonds. The molecule has 5 nitrogen and oxygen atoms in total. The van der Waals surface area contributed by atoms with Gasteiger partial charge < -0.3 is 10.6 Å². The van der Waals surface area contributed by atoms with Crippen molar-refractivity contribution in [1.29, 1.82) is 0 Å². The van der Waals surface area contributed by atoms with E-state index in [4.69, 9.17) is 0 Å². The molecule has 21 heavy (non-hydrogen) atoms. The molecule has 2 rings (SSSR count). The maximum Gasteiger partial charge on any atom is 0.235 e. The number of hydrogen-bond acceptors (Lipinski definition) is 4. The molecule has 6 heteroatoms. The third-order valence-electron chi connectivity index (χ3n) is 3.54. The summed E-state index contributed by atoms with van der Waals surface area (Å²) in [5.74, 6) is -0.736. The van der Waals surface area contributed by atoms with Crippen LogP contribution in [0, 0.1) is 0 Å². The number of amides is 1. The van der Waals surface area contributed by atoms with Gasteiger partial charge in [0.2, 0.25) is 5.91 Å². The highest BCUT2D eigenvalue weighted by molar-refractivity contribution is 7.92. The number of aryl methyl sites for hydroxylation is 1. The van der Waals surface area contributed by atoms with E-state index in [9.17, 15) is 13.2 Å². The summed E-state index contributed by atoms with van der Waals surface area (Å²) < 4.78 is 23.9. The molecule has 0 radical (unpaired) electrons. The molecule has 0 saturated carbocycles. The first kappa shape index (κ1) is 16.0. The van der Waals surface area contributed by atoms with Crippen molar-refractivity contribution in [3.8, 4) is 0 Å². The van der Waals surface area contributed by atoms with Crippen LogP contribution < -0.4 is 10.6 Å². The van der Waals surface area contributed by atoms with Crippen molar-refractivity contribution in [1.82, 2.24) is 10.6 Å². The average molecular weight is 310 g/mol.